The molecule has 0 atom stereocenters. The highest BCUT2D eigenvalue weighted by molar-refractivity contribution is 9.18. The van der Waals surface area contributed by atoms with Crippen molar-refractivity contribution in [2.45, 2.75) is 26.2 Å². The molecule has 15 heavy (non-hydrogen) atoms. The summed E-state index contributed by atoms with van der Waals surface area (Å²) in [5.74, 6) is 0.571. The van der Waals surface area contributed by atoms with Gasteiger partial charge in [-0.05, 0) is 23.5 Å². The van der Waals surface area contributed by atoms with Crippen molar-refractivity contribution in [2.75, 3.05) is 6.54 Å². The molecule has 3 heteroatoms. The number of hydrogen-bond donors (Lipinski definition) is 1. The summed E-state index contributed by atoms with van der Waals surface area (Å²) in [6.45, 7) is 5.03. The molecule has 0 saturated carbocycles. The lowest BCUT2D eigenvalue weighted by molar-refractivity contribution is 0.262. The third-order valence-corrected chi connectivity index (χ3v) is 2.60. The van der Waals surface area contributed by atoms with E-state index < -0.39 is 0 Å². The van der Waals surface area contributed by atoms with E-state index in [1.807, 2.05) is 0 Å². The number of rotatable bonds is 4. The molecule has 0 aliphatic rings. The summed E-state index contributed by atoms with van der Waals surface area (Å²) in [7, 11) is 0. The lowest BCUT2D eigenvalue weighted by Gasteiger charge is -2.06. The van der Waals surface area contributed by atoms with Crippen LogP contribution in [0.1, 0.15) is 30.9 Å². The molecule has 82 valence electrons. The van der Waals surface area contributed by atoms with Crippen LogP contribution in [0.2, 0.25) is 0 Å². The average molecular weight is 270 g/mol. The Labute approximate surface area is 99.2 Å². The second-order valence-electron chi connectivity index (χ2n) is 3.85. The molecule has 1 N–H and O–H groups in total. The molecule has 2 nitrogen and oxygen atoms in total. The van der Waals surface area contributed by atoms with Crippen molar-refractivity contribution in [1.29, 1.82) is 0 Å². The van der Waals surface area contributed by atoms with Crippen molar-refractivity contribution in [3.63, 3.8) is 0 Å². The maximum atomic E-state index is 10.6. The Kier molecular flexibility index (Phi) is 4.82. The number of halogens is 1. The van der Waals surface area contributed by atoms with E-state index >= 15 is 0 Å². The molecule has 0 bridgehead atoms. The molecule has 1 aromatic rings. The Morgan fingerprint density at radius 1 is 1.33 bits per heavy atom. The Balaban J connectivity index is 2.46. The smallest absolute Gasteiger partial charge is 0.287 e. The molecular formula is C12H16BrNO. The van der Waals surface area contributed by atoms with Gasteiger partial charge in [0.15, 0.2) is 0 Å². The van der Waals surface area contributed by atoms with Crippen molar-refractivity contribution in [3.05, 3.63) is 35.4 Å². The van der Waals surface area contributed by atoms with Gasteiger partial charge in [-0.2, -0.15) is 0 Å². The van der Waals surface area contributed by atoms with Gasteiger partial charge in [0, 0.05) is 22.5 Å². The van der Waals surface area contributed by atoms with Crippen LogP contribution in [0.4, 0.5) is 4.79 Å². The van der Waals surface area contributed by atoms with E-state index in [1.165, 1.54) is 11.1 Å². The average Bonchev–Trinajstić information content (AvgIpc) is 2.18. The van der Waals surface area contributed by atoms with Gasteiger partial charge in [0.25, 0.3) is 4.82 Å². The van der Waals surface area contributed by atoms with E-state index in [0.29, 0.717) is 12.5 Å². The van der Waals surface area contributed by atoms with Crippen molar-refractivity contribution >= 4 is 20.7 Å². The van der Waals surface area contributed by atoms with E-state index in [0.717, 1.165) is 6.42 Å². The van der Waals surface area contributed by atoms with Crippen molar-refractivity contribution < 1.29 is 4.79 Å². The van der Waals surface area contributed by atoms with Gasteiger partial charge < -0.3 is 5.32 Å². The van der Waals surface area contributed by atoms with Gasteiger partial charge in [0.05, 0.1) is 0 Å². The van der Waals surface area contributed by atoms with E-state index in [4.69, 9.17) is 0 Å². The van der Waals surface area contributed by atoms with Crippen LogP contribution >= 0.6 is 15.9 Å². The maximum absolute atomic E-state index is 10.6. The number of amides is 1. The highest BCUT2D eigenvalue weighted by Crippen LogP contribution is 2.14. The minimum absolute atomic E-state index is 0.152. The zero-order valence-corrected chi connectivity index (χ0v) is 10.7. The van der Waals surface area contributed by atoms with Gasteiger partial charge in [0.2, 0.25) is 0 Å². The fourth-order valence-electron chi connectivity index (χ4n) is 1.37. The molecule has 1 rings (SSSR count). The van der Waals surface area contributed by atoms with Gasteiger partial charge in [-0.3, -0.25) is 4.79 Å². The second-order valence-corrected chi connectivity index (χ2v) is 4.57. The van der Waals surface area contributed by atoms with Gasteiger partial charge in [-0.1, -0.05) is 38.1 Å². The second kappa shape index (κ2) is 5.91. The summed E-state index contributed by atoms with van der Waals surface area (Å²) in [5, 5.41) is 2.71. The number of benzene rings is 1. The zero-order valence-electron chi connectivity index (χ0n) is 9.09. The minimum atomic E-state index is -0.152. The fourth-order valence-corrected chi connectivity index (χ4v) is 1.57. The number of carbonyl (C=O) groups excluding carboxylic acids is 1. The normalized spacial score (nSPS) is 10.4. The highest BCUT2D eigenvalue weighted by atomic mass is 79.9. The topological polar surface area (TPSA) is 29.1 Å². The molecule has 1 aromatic carbocycles. The van der Waals surface area contributed by atoms with E-state index in [1.54, 1.807) is 0 Å². The molecule has 0 spiro atoms. The first-order valence-electron chi connectivity index (χ1n) is 5.11. The Hall–Kier alpha value is -0.830. The largest absolute Gasteiger partial charge is 0.346 e. The molecule has 0 aliphatic heterocycles. The molecule has 0 radical (unpaired) electrons. The summed E-state index contributed by atoms with van der Waals surface area (Å²) in [5.41, 5.74) is 2.60. The molecule has 0 fully saturated rings. The van der Waals surface area contributed by atoms with Crippen LogP contribution < -0.4 is 5.32 Å². The predicted molar refractivity (Wildman–Crippen MR) is 66.6 cm³/mol. The molecule has 0 heterocycles. The Morgan fingerprint density at radius 2 is 1.93 bits per heavy atom. The summed E-state index contributed by atoms with van der Waals surface area (Å²) >= 11 is 2.83. The van der Waals surface area contributed by atoms with E-state index in [9.17, 15) is 4.79 Å². The number of nitrogens with one attached hydrogen (secondary N) is 1. The first-order valence-corrected chi connectivity index (χ1v) is 5.91. The van der Waals surface area contributed by atoms with E-state index in [2.05, 4.69) is 59.4 Å². The van der Waals surface area contributed by atoms with Gasteiger partial charge in [-0.25, -0.2) is 0 Å². The third-order valence-electron chi connectivity index (χ3n) is 2.32. The highest BCUT2D eigenvalue weighted by Gasteiger charge is 1.99. The number of hydrogen-bond acceptors (Lipinski definition) is 1. The van der Waals surface area contributed by atoms with Crippen LogP contribution in [0.5, 0.6) is 0 Å². The monoisotopic (exact) mass is 269 g/mol. The van der Waals surface area contributed by atoms with Crippen molar-refractivity contribution in [1.82, 2.24) is 5.32 Å². The lowest BCUT2D eigenvalue weighted by Crippen LogP contribution is -2.18. The first kappa shape index (κ1) is 12.2. The summed E-state index contributed by atoms with van der Waals surface area (Å²) in [4.78, 5) is 10.4. The molecule has 0 unspecified atom stereocenters. The van der Waals surface area contributed by atoms with Crippen molar-refractivity contribution in [2.24, 2.45) is 0 Å². The summed E-state index contributed by atoms with van der Waals surface area (Å²) < 4.78 is 0. The molecule has 0 saturated heterocycles. The Morgan fingerprint density at radius 3 is 2.40 bits per heavy atom. The van der Waals surface area contributed by atoms with Crippen LogP contribution in [0.3, 0.4) is 0 Å². The molecule has 1 amide bonds. The van der Waals surface area contributed by atoms with Crippen LogP contribution in [0, 0.1) is 0 Å². The van der Waals surface area contributed by atoms with Gasteiger partial charge in [0.1, 0.15) is 0 Å². The third kappa shape index (κ3) is 4.47. The predicted octanol–water partition coefficient (Wildman–Crippen LogP) is 3.46. The molecule has 0 aromatic heterocycles. The van der Waals surface area contributed by atoms with Crippen LogP contribution in [-0.2, 0) is 6.42 Å². The van der Waals surface area contributed by atoms with Gasteiger partial charge in [-0.15, -0.1) is 0 Å². The van der Waals surface area contributed by atoms with Crippen molar-refractivity contribution in [3.8, 4) is 0 Å². The maximum Gasteiger partial charge on any atom is 0.287 e. The van der Waals surface area contributed by atoms with Crippen LogP contribution in [0.25, 0.3) is 0 Å². The zero-order chi connectivity index (χ0) is 11.3. The van der Waals surface area contributed by atoms with Crippen LogP contribution in [-0.4, -0.2) is 11.4 Å². The van der Waals surface area contributed by atoms with E-state index in [-0.39, 0.29) is 4.82 Å². The SMILES string of the molecule is CC(C)c1ccc(CCNC(=O)Br)cc1. The fraction of sp³-hybridized carbons (Fsp3) is 0.417. The first-order chi connectivity index (χ1) is 7.09. The van der Waals surface area contributed by atoms with Crippen LogP contribution in [0.15, 0.2) is 24.3 Å². The standard InChI is InChI=1S/C12H16BrNO/c1-9(2)11-5-3-10(4-6-11)7-8-14-12(13)15/h3-6,9H,7-8H2,1-2H3,(H,14,15). The molecular weight excluding hydrogens is 254 g/mol. The summed E-state index contributed by atoms with van der Waals surface area (Å²) in [6.07, 6.45) is 0.871. The Bertz CT molecular complexity index is 319. The summed E-state index contributed by atoms with van der Waals surface area (Å²) in [6, 6.07) is 8.54. The minimum Gasteiger partial charge on any atom is -0.346 e. The quantitative estimate of drug-likeness (QED) is 0.659. The molecule has 0 aliphatic carbocycles. The number of carbonyl (C=O) groups is 1. The van der Waals surface area contributed by atoms with Gasteiger partial charge >= 0.3 is 0 Å². The lowest BCUT2D eigenvalue weighted by atomic mass is 10.0.